The zero-order valence-corrected chi connectivity index (χ0v) is 24.1. The van der Waals surface area contributed by atoms with Crippen molar-refractivity contribution in [2.75, 3.05) is 17.9 Å². The summed E-state index contributed by atoms with van der Waals surface area (Å²) in [7, 11) is -2.65. The van der Waals surface area contributed by atoms with Gasteiger partial charge in [0.2, 0.25) is 11.8 Å². The Morgan fingerprint density at radius 1 is 0.946 bits per heavy atom. The van der Waals surface area contributed by atoms with Crippen LogP contribution in [-0.4, -0.2) is 44.8 Å². The smallest absolute Gasteiger partial charge is 0.264 e. The Morgan fingerprint density at radius 2 is 1.54 bits per heavy atom. The van der Waals surface area contributed by atoms with Gasteiger partial charge in [-0.05, 0) is 55.0 Å². The SMILES string of the molecule is CC[C@@H](C(=O)NC)N(Cc1c(Cl)cccc1Cl)C(=O)CN(c1ccc(Br)cc1)S(=O)(=O)c1ccccc1. The Hall–Kier alpha value is -2.59. The van der Waals surface area contributed by atoms with Crippen LogP contribution in [0.5, 0.6) is 0 Å². The first kappa shape index (κ1) is 29.0. The summed E-state index contributed by atoms with van der Waals surface area (Å²) >= 11 is 16.1. The fraction of sp³-hybridized carbons (Fsp3) is 0.231. The van der Waals surface area contributed by atoms with E-state index >= 15 is 0 Å². The van der Waals surface area contributed by atoms with E-state index in [4.69, 9.17) is 23.2 Å². The summed E-state index contributed by atoms with van der Waals surface area (Å²) in [5, 5.41) is 3.24. The van der Waals surface area contributed by atoms with E-state index in [-0.39, 0.29) is 23.8 Å². The van der Waals surface area contributed by atoms with E-state index in [9.17, 15) is 18.0 Å². The number of likely N-dealkylation sites (N-methyl/N-ethyl adjacent to an activating group) is 1. The number of amides is 2. The van der Waals surface area contributed by atoms with Gasteiger partial charge in [-0.1, -0.05) is 70.3 Å². The number of carbonyl (C=O) groups is 2. The van der Waals surface area contributed by atoms with Gasteiger partial charge in [0.15, 0.2) is 0 Å². The predicted molar refractivity (Wildman–Crippen MR) is 150 cm³/mol. The molecule has 0 bridgehead atoms. The van der Waals surface area contributed by atoms with Crippen molar-refractivity contribution in [3.63, 3.8) is 0 Å². The minimum absolute atomic E-state index is 0.0322. The summed E-state index contributed by atoms with van der Waals surface area (Å²) in [6, 6.07) is 18.5. The lowest BCUT2D eigenvalue weighted by atomic mass is 10.1. The summed E-state index contributed by atoms with van der Waals surface area (Å²) in [4.78, 5) is 28.0. The summed E-state index contributed by atoms with van der Waals surface area (Å²) < 4.78 is 29.2. The van der Waals surface area contributed by atoms with Gasteiger partial charge in [0.05, 0.1) is 10.6 Å². The van der Waals surface area contributed by atoms with E-state index in [0.29, 0.717) is 21.3 Å². The molecule has 0 spiro atoms. The second-order valence-electron chi connectivity index (χ2n) is 8.06. The minimum Gasteiger partial charge on any atom is -0.357 e. The third-order valence-electron chi connectivity index (χ3n) is 5.75. The average molecular weight is 627 g/mol. The number of nitrogens with zero attached hydrogens (tertiary/aromatic N) is 2. The van der Waals surface area contributed by atoms with Gasteiger partial charge in [0, 0.05) is 33.7 Å². The number of benzene rings is 3. The standard InChI is InChI=1S/C26H26BrCl2N3O4S/c1-3-24(26(34)30-2)31(16-21-22(28)10-7-11-23(21)29)25(33)17-32(19-14-12-18(27)13-15-19)37(35,36)20-8-5-4-6-9-20/h4-15,24H,3,16-17H2,1-2H3,(H,30,34)/t24-/m0/s1. The topological polar surface area (TPSA) is 86.8 Å². The van der Waals surface area contributed by atoms with Gasteiger partial charge in [0.1, 0.15) is 12.6 Å². The van der Waals surface area contributed by atoms with Crippen LogP contribution in [0.1, 0.15) is 18.9 Å². The first-order valence-electron chi connectivity index (χ1n) is 11.4. The van der Waals surface area contributed by atoms with Crippen LogP contribution in [-0.2, 0) is 26.2 Å². The number of sulfonamides is 1. The minimum atomic E-state index is -4.13. The Kier molecular flexibility index (Phi) is 10.0. The van der Waals surface area contributed by atoms with Crippen LogP contribution in [0, 0.1) is 0 Å². The summed E-state index contributed by atoms with van der Waals surface area (Å²) in [6.45, 7) is 1.14. The lowest BCUT2D eigenvalue weighted by Crippen LogP contribution is -2.51. The van der Waals surface area contributed by atoms with Gasteiger partial charge < -0.3 is 10.2 Å². The Morgan fingerprint density at radius 3 is 2.08 bits per heavy atom. The first-order valence-corrected chi connectivity index (χ1v) is 14.4. The number of nitrogens with one attached hydrogen (secondary N) is 1. The largest absolute Gasteiger partial charge is 0.357 e. The monoisotopic (exact) mass is 625 g/mol. The Balaban J connectivity index is 2.08. The van der Waals surface area contributed by atoms with Crippen molar-refractivity contribution in [3.05, 3.63) is 92.9 Å². The molecule has 3 aromatic rings. The molecule has 0 unspecified atom stereocenters. The van der Waals surface area contributed by atoms with Crippen molar-refractivity contribution < 1.29 is 18.0 Å². The average Bonchev–Trinajstić information content (AvgIpc) is 2.89. The van der Waals surface area contributed by atoms with Crippen LogP contribution in [0.2, 0.25) is 10.0 Å². The van der Waals surface area contributed by atoms with Crippen LogP contribution in [0.15, 0.2) is 82.2 Å². The van der Waals surface area contributed by atoms with Gasteiger partial charge in [-0.15, -0.1) is 0 Å². The van der Waals surface area contributed by atoms with Crippen molar-refractivity contribution in [3.8, 4) is 0 Å². The lowest BCUT2D eigenvalue weighted by Gasteiger charge is -2.33. The number of hydrogen-bond donors (Lipinski definition) is 1. The molecule has 196 valence electrons. The molecular formula is C26H26BrCl2N3O4S. The molecule has 0 saturated heterocycles. The molecule has 2 amide bonds. The number of halogens is 3. The van der Waals surface area contributed by atoms with Crippen LogP contribution < -0.4 is 9.62 Å². The number of carbonyl (C=O) groups excluding carboxylic acids is 2. The highest BCUT2D eigenvalue weighted by Crippen LogP contribution is 2.29. The van der Waals surface area contributed by atoms with Crippen LogP contribution in [0.4, 0.5) is 5.69 Å². The summed E-state index contributed by atoms with van der Waals surface area (Å²) in [5.74, 6) is -0.978. The predicted octanol–water partition coefficient (Wildman–Crippen LogP) is 5.50. The van der Waals surface area contributed by atoms with Gasteiger partial charge >= 0.3 is 0 Å². The van der Waals surface area contributed by atoms with E-state index in [1.165, 1.54) is 24.1 Å². The zero-order valence-electron chi connectivity index (χ0n) is 20.2. The van der Waals surface area contributed by atoms with E-state index in [1.54, 1.807) is 67.6 Å². The molecule has 3 rings (SSSR count). The maximum atomic E-state index is 13.9. The number of hydrogen-bond acceptors (Lipinski definition) is 4. The highest BCUT2D eigenvalue weighted by Gasteiger charge is 2.34. The van der Waals surface area contributed by atoms with Crippen LogP contribution in [0.25, 0.3) is 0 Å². The van der Waals surface area contributed by atoms with E-state index in [2.05, 4.69) is 21.2 Å². The molecule has 1 atom stereocenters. The molecule has 1 N–H and O–H groups in total. The quantitative estimate of drug-likeness (QED) is 0.322. The molecule has 11 heteroatoms. The fourth-order valence-electron chi connectivity index (χ4n) is 3.80. The highest BCUT2D eigenvalue weighted by molar-refractivity contribution is 9.10. The normalized spacial score (nSPS) is 12.0. The van der Waals surface area contributed by atoms with Crippen molar-refractivity contribution in [2.24, 2.45) is 0 Å². The van der Waals surface area contributed by atoms with Crippen molar-refractivity contribution in [1.82, 2.24) is 10.2 Å². The summed E-state index contributed by atoms with van der Waals surface area (Å²) in [5.41, 5.74) is 0.756. The van der Waals surface area contributed by atoms with Crippen molar-refractivity contribution >= 4 is 66.7 Å². The second kappa shape index (κ2) is 12.8. The van der Waals surface area contributed by atoms with E-state index < -0.39 is 28.5 Å². The van der Waals surface area contributed by atoms with E-state index in [0.717, 1.165) is 8.78 Å². The van der Waals surface area contributed by atoms with Crippen LogP contribution >= 0.6 is 39.1 Å². The number of rotatable bonds is 10. The van der Waals surface area contributed by atoms with Crippen molar-refractivity contribution in [1.29, 1.82) is 0 Å². The third-order valence-corrected chi connectivity index (χ3v) is 8.77. The van der Waals surface area contributed by atoms with Gasteiger partial charge in [0.25, 0.3) is 10.0 Å². The molecule has 37 heavy (non-hydrogen) atoms. The molecule has 0 heterocycles. The molecule has 0 saturated carbocycles. The molecule has 0 radical (unpaired) electrons. The highest BCUT2D eigenvalue weighted by atomic mass is 79.9. The first-order chi connectivity index (χ1) is 17.6. The maximum absolute atomic E-state index is 13.9. The molecule has 0 aromatic heterocycles. The van der Waals surface area contributed by atoms with Gasteiger partial charge in [-0.2, -0.15) is 0 Å². The van der Waals surface area contributed by atoms with Gasteiger partial charge in [-0.3, -0.25) is 13.9 Å². The molecule has 0 aliphatic carbocycles. The molecule has 0 fully saturated rings. The van der Waals surface area contributed by atoms with Crippen LogP contribution in [0.3, 0.4) is 0 Å². The van der Waals surface area contributed by atoms with Gasteiger partial charge in [-0.25, -0.2) is 8.42 Å². The summed E-state index contributed by atoms with van der Waals surface area (Å²) in [6.07, 6.45) is 0.289. The molecule has 3 aromatic carbocycles. The third kappa shape index (κ3) is 6.84. The number of anilines is 1. The zero-order chi connectivity index (χ0) is 27.2. The second-order valence-corrected chi connectivity index (χ2v) is 11.7. The maximum Gasteiger partial charge on any atom is 0.264 e. The fourth-order valence-corrected chi connectivity index (χ4v) is 6.01. The van der Waals surface area contributed by atoms with E-state index in [1.807, 2.05) is 0 Å². The molecular weight excluding hydrogens is 601 g/mol. The molecule has 7 nitrogen and oxygen atoms in total. The lowest BCUT2D eigenvalue weighted by molar-refractivity contribution is -0.140. The van der Waals surface area contributed by atoms with Crippen molar-refractivity contribution in [2.45, 2.75) is 30.8 Å². The Bertz CT molecular complexity index is 1340. The Labute approximate surface area is 235 Å². The molecule has 0 aliphatic rings. The molecule has 0 aliphatic heterocycles.